The number of carbonyl (C=O) groups is 1. The summed E-state index contributed by atoms with van der Waals surface area (Å²) < 4.78 is 2.10. The normalized spacial score (nSPS) is 12.4. The molecule has 148 valence electrons. The van der Waals surface area contributed by atoms with Gasteiger partial charge in [-0.3, -0.25) is 4.79 Å². The number of hydrogen-bond donors (Lipinski definition) is 1. The summed E-state index contributed by atoms with van der Waals surface area (Å²) in [4.78, 5) is 18.1. The Morgan fingerprint density at radius 3 is 2.50 bits per heavy atom. The van der Waals surface area contributed by atoms with Crippen LogP contribution in [-0.4, -0.2) is 30.9 Å². The van der Waals surface area contributed by atoms with Crippen molar-refractivity contribution in [3.63, 3.8) is 0 Å². The molecular weight excluding hydrogens is 390 g/mol. The van der Waals surface area contributed by atoms with Gasteiger partial charge in [-0.1, -0.05) is 55.9 Å². The minimum absolute atomic E-state index is 0.0842. The van der Waals surface area contributed by atoms with Crippen LogP contribution in [0.1, 0.15) is 31.3 Å². The van der Waals surface area contributed by atoms with Gasteiger partial charge in [0.2, 0.25) is 5.91 Å². The number of carbonyl (C=O) groups excluding carboxylic acids is 1. The van der Waals surface area contributed by atoms with Crippen LogP contribution in [0.5, 0.6) is 0 Å². The number of thioether (sulfide) groups is 1. The maximum atomic E-state index is 12.6. The second kappa shape index (κ2) is 8.87. The van der Waals surface area contributed by atoms with Gasteiger partial charge < -0.3 is 9.88 Å². The number of anilines is 1. The fourth-order valence-corrected chi connectivity index (χ4v) is 4.33. The van der Waals surface area contributed by atoms with Crippen LogP contribution in [0, 0.1) is 19.8 Å². The van der Waals surface area contributed by atoms with Crippen LogP contribution in [0.2, 0.25) is 0 Å². The molecule has 3 aromatic rings. The van der Waals surface area contributed by atoms with E-state index in [1.165, 1.54) is 23.1 Å². The van der Waals surface area contributed by atoms with Crippen molar-refractivity contribution in [2.75, 3.05) is 5.32 Å². The fraction of sp³-hybridized carbons (Fsp3) is 0.400. The van der Waals surface area contributed by atoms with Gasteiger partial charge in [0.05, 0.1) is 10.9 Å². The summed E-state index contributed by atoms with van der Waals surface area (Å²) in [5.74, 6) is 1.18. The summed E-state index contributed by atoms with van der Waals surface area (Å²) in [6, 6.07) is 10.0. The zero-order valence-corrected chi connectivity index (χ0v) is 18.4. The number of hydrogen-bond acceptors (Lipinski definition) is 6. The van der Waals surface area contributed by atoms with E-state index in [2.05, 4.69) is 38.9 Å². The third kappa shape index (κ3) is 4.80. The first-order chi connectivity index (χ1) is 13.3. The number of aryl methyl sites for hydroxylation is 2. The van der Waals surface area contributed by atoms with Crippen molar-refractivity contribution in [2.24, 2.45) is 5.92 Å². The molecule has 6 nitrogen and oxygen atoms in total. The first kappa shape index (κ1) is 20.5. The Labute approximate surface area is 173 Å². The highest BCUT2D eigenvalue weighted by Crippen LogP contribution is 2.29. The topological polar surface area (TPSA) is 72.7 Å². The van der Waals surface area contributed by atoms with Crippen LogP contribution in [-0.2, 0) is 11.3 Å². The predicted octanol–water partition coefficient (Wildman–Crippen LogP) is 4.79. The Balaban J connectivity index is 1.78. The molecule has 0 fully saturated rings. The van der Waals surface area contributed by atoms with E-state index in [1.54, 1.807) is 0 Å². The van der Waals surface area contributed by atoms with E-state index in [0.29, 0.717) is 11.0 Å². The number of nitrogens with zero attached hydrogens (tertiary/aromatic N) is 4. The Morgan fingerprint density at radius 1 is 1.18 bits per heavy atom. The standard InChI is InChI=1S/C20H25N5OS2/c1-12(2)11-25-17(16-9-7-6-8-10-16)23-24-20(25)28-15(5)18(26)22-19-21-13(3)14(4)27-19/h6-10,12,15H,11H2,1-5H3,(H,21,22,26)/t15-/m0/s1. The van der Waals surface area contributed by atoms with Crippen LogP contribution in [0.4, 0.5) is 5.13 Å². The van der Waals surface area contributed by atoms with Gasteiger partial charge in [0, 0.05) is 17.0 Å². The van der Waals surface area contributed by atoms with E-state index >= 15 is 0 Å². The maximum Gasteiger partial charge on any atom is 0.239 e. The van der Waals surface area contributed by atoms with Crippen molar-refractivity contribution in [2.45, 2.75) is 51.6 Å². The Kier molecular flexibility index (Phi) is 6.51. The molecule has 1 aromatic carbocycles. The van der Waals surface area contributed by atoms with E-state index in [0.717, 1.165) is 33.7 Å². The van der Waals surface area contributed by atoms with Gasteiger partial charge in [0.1, 0.15) is 0 Å². The van der Waals surface area contributed by atoms with Gasteiger partial charge in [0.15, 0.2) is 16.1 Å². The van der Waals surface area contributed by atoms with E-state index in [4.69, 9.17) is 0 Å². The maximum absolute atomic E-state index is 12.6. The highest BCUT2D eigenvalue weighted by Gasteiger charge is 2.22. The van der Waals surface area contributed by atoms with Crippen molar-refractivity contribution in [1.29, 1.82) is 0 Å². The van der Waals surface area contributed by atoms with Crippen LogP contribution in [0.3, 0.4) is 0 Å². The highest BCUT2D eigenvalue weighted by molar-refractivity contribution is 8.00. The van der Waals surface area contributed by atoms with Crippen LogP contribution < -0.4 is 5.32 Å². The Hall–Kier alpha value is -2.19. The Morgan fingerprint density at radius 2 is 1.89 bits per heavy atom. The molecule has 0 aliphatic heterocycles. The van der Waals surface area contributed by atoms with Gasteiger partial charge in [-0.05, 0) is 26.7 Å². The SMILES string of the molecule is Cc1nc(NC(=O)[C@H](C)Sc2nnc(-c3ccccc3)n2CC(C)C)sc1C. The van der Waals surface area contributed by atoms with Crippen molar-refractivity contribution in [1.82, 2.24) is 19.7 Å². The molecule has 0 radical (unpaired) electrons. The molecule has 3 rings (SSSR count). The lowest BCUT2D eigenvalue weighted by atomic mass is 10.2. The molecule has 2 heterocycles. The second-order valence-electron chi connectivity index (χ2n) is 7.09. The number of thiazole rings is 1. The monoisotopic (exact) mass is 415 g/mol. The lowest BCUT2D eigenvalue weighted by Crippen LogP contribution is -2.23. The van der Waals surface area contributed by atoms with E-state index in [1.807, 2.05) is 51.1 Å². The van der Waals surface area contributed by atoms with Gasteiger partial charge in [-0.25, -0.2) is 4.98 Å². The van der Waals surface area contributed by atoms with Gasteiger partial charge in [-0.2, -0.15) is 0 Å². The molecule has 0 saturated carbocycles. The summed E-state index contributed by atoms with van der Waals surface area (Å²) in [7, 11) is 0. The molecule has 0 unspecified atom stereocenters. The lowest BCUT2D eigenvalue weighted by molar-refractivity contribution is -0.115. The van der Waals surface area contributed by atoms with E-state index in [-0.39, 0.29) is 11.2 Å². The molecule has 0 bridgehead atoms. The number of benzene rings is 1. The summed E-state index contributed by atoms with van der Waals surface area (Å²) in [5.41, 5.74) is 1.97. The van der Waals surface area contributed by atoms with Crippen LogP contribution in [0.15, 0.2) is 35.5 Å². The molecular formula is C20H25N5OS2. The third-order valence-electron chi connectivity index (χ3n) is 4.21. The van der Waals surface area contributed by atoms with Crippen molar-refractivity contribution < 1.29 is 4.79 Å². The largest absolute Gasteiger partial charge is 0.302 e. The molecule has 28 heavy (non-hydrogen) atoms. The van der Waals surface area contributed by atoms with Gasteiger partial charge in [0.25, 0.3) is 0 Å². The Bertz CT molecular complexity index is 929. The first-order valence-electron chi connectivity index (χ1n) is 9.25. The summed E-state index contributed by atoms with van der Waals surface area (Å²) in [5, 5.41) is 12.8. The van der Waals surface area contributed by atoms with Gasteiger partial charge in [-0.15, -0.1) is 21.5 Å². The minimum atomic E-state index is -0.316. The average Bonchev–Trinajstić information content (AvgIpc) is 3.18. The lowest BCUT2D eigenvalue weighted by Gasteiger charge is -2.14. The summed E-state index contributed by atoms with van der Waals surface area (Å²) in [6.07, 6.45) is 0. The zero-order valence-electron chi connectivity index (χ0n) is 16.8. The fourth-order valence-electron chi connectivity index (χ4n) is 2.65. The molecule has 1 atom stereocenters. The smallest absolute Gasteiger partial charge is 0.239 e. The van der Waals surface area contributed by atoms with Crippen molar-refractivity contribution >= 4 is 34.1 Å². The summed E-state index contributed by atoms with van der Waals surface area (Å²) >= 11 is 2.91. The zero-order chi connectivity index (χ0) is 20.3. The summed E-state index contributed by atoms with van der Waals surface area (Å²) in [6.45, 7) is 10.9. The van der Waals surface area contributed by atoms with Crippen LogP contribution in [0.25, 0.3) is 11.4 Å². The van der Waals surface area contributed by atoms with Crippen LogP contribution >= 0.6 is 23.1 Å². The second-order valence-corrected chi connectivity index (χ2v) is 9.60. The molecule has 0 aliphatic carbocycles. The highest BCUT2D eigenvalue weighted by atomic mass is 32.2. The molecule has 1 amide bonds. The first-order valence-corrected chi connectivity index (χ1v) is 10.9. The van der Waals surface area contributed by atoms with E-state index in [9.17, 15) is 4.79 Å². The van der Waals surface area contributed by atoms with Crippen molar-refractivity contribution in [3.05, 3.63) is 40.9 Å². The number of aromatic nitrogens is 4. The molecule has 1 N–H and O–H groups in total. The van der Waals surface area contributed by atoms with Gasteiger partial charge >= 0.3 is 0 Å². The number of rotatable bonds is 7. The third-order valence-corrected chi connectivity index (χ3v) is 6.28. The number of nitrogens with one attached hydrogen (secondary N) is 1. The quantitative estimate of drug-likeness (QED) is 0.562. The van der Waals surface area contributed by atoms with E-state index < -0.39 is 0 Å². The predicted molar refractivity (Wildman–Crippen MR) is 116 cm³/mol. The minimum Gasteiger partial charge on any atom is -0.302 e. The average molecular weight is 416 g/mol. The molecule has 8 heteroatoms. The molecule has 0 saturated heterocycles. The molecule has 0 aliphatic rings. The van der Waals surface area contributed by atoms with Crippen molar-refractivity contribution in [3.8, 4) is 11.4 Å². The molecule has 0 spiro atoms. The molecule has 2 aromatic heterocycles. The number of amides is 1.